The molecule has 0 atom stereocenters. The highest BCUT2D eigenvalue weighted by Crippen LogP contribution is 2.19. The fourth-order valence-electron chi connectivity index (χ4n) is 2.27. The summed E-state index contributed by atoms with van der Waals surface area (Å²) in [5.41, 5.74) is 5.91. The average molecular weight is 280 g/mol. The van der Waals surface area contributed by atoms with Crippen LogP contribution in [0.4, 0.5) is 11.9 Å². The number of ether oxygens (including phenoxy) is 1. The number of anilines is 2. The normalized spacial score (nSPS) is 17.3. The van der Waals surface area contributed by atoms with Crippen LogP contribution in [0, 0.1) is 0 Å². The molecule has 1 aliphatic rings. The predicted octanol–water partition coefficient (Wildman–Crippen LogP) is 0.773. The first-order valence-corrected chi connectivity index (χ1v) is 7.04. The molecule has 7 nitrogen and oxygen atoms in total. The highest BCUT2D eigenvalue weighted by Gasteiger charge is 2.27. The van der Waals surface area contributed by atoms with Crippen LogP contribution in [0.3, 0.4) is 0 Å². The van der Waals surface area contributed by atoms with Crippen LogP contribution in [0.1, 0.15) is 27.7 Å². The second-order valence-electron chi connectivity index (χ2n) is 5.85. The number of piperazine rings is 1. The van der Waals surface area contributed by atoms with Gasteiger partial charge in [-0.1, -0.05) is 0 Å². The molecule has 1 aromatic rings. The van der Waals surface area contributed by atoms with Gasteiger partial charge in [-0.2, -0.15) is 15.0 Å². The fraction of sp³-hybridized carbons (Fsp3) is 0.769. The average Bonchev–Trinajstić information content (AvgIpc) is 2.37. The first-order chi connectivity index (χ1) is 9.40. The van der Waals surface area contributed by atoms with Crippen molar-refractivity contribution in [2.24, 2.45) is 0 Å². The van der Waals surface area contributed by atoms with Crippen LogP contribution in [0.25, 0.3) is 0 Å². The van der Waals surface area contributed by atoms with E-state index >= 15 is 0 Å². The van der Waals surface area contributed by atoms with Gasteiger partial charge in [-0.05, 0) is 27.7 Å². The molecule has 0 saturated carbocycles. The molecule has 1 fully saturated rings. The zero-order valence-electron chi connectivity index (χ0n) is 12.8. The largest absolute Gasteiger partial charge is 0.464 e. The summed E-state index contributed by atoms with van der Waals surface area (Å²) in [7, 11) is 0. The van der Waals surface area contributed by atoms with Crippen molar-refractivity contribution in [2.45, 2.75) is 33.2 Å². The molecule has 2 rings (SSSR count). The van der Waals surface area contributed by atoms with Crippen LogP contribution in [-0.2, 0) is 0 Å². The van der Waals surface area contributed by atoms with Gasteiger partial charge in [0.15, 0.2) is 0 Å². The van der Waals surface area contributed by atoms with Crippen LogP contribution >= 0.6 is 0 Å². The van der Waals surface area contributed by atoms with Gasteiger partial charge in [-0.25, -0.2) is 0 Å². The monoisotopic (exact) mass is 280 g/mol. The zero-order valence-corrected chi connectivity index (χ0v) is 12.8. The number of nitrogens with two attached hydrogens (primary N) is 1. The van der Waals surface area contributed by atoms with Crippen molar-refractivity contribution in [2.75, 3.05) is 43.4 Å². The Morgan fingerprint density at radius 1 is 1.10 bits per heavy atom. The summed E-state index contributed by atoms with van der Waals surface area (Å²) < 4.78 is 5.31. The Kier molecular flexibility index (Phi) is 4.27. The standard InChI is InChI=1S/C13H24N6O/c1-5-20-12-16-10(14)15-11(17-12)18-6-8-19(9-7-18)13(2,3)4/h5-9H2,1-4H3,(H2,14,15,16,17). The Bertz CT molecular complexity index is 451. The molecule has 1 aliphatic heterocycles. The van der Waals surface area contributed by atoms with E-state index in [1.807, 2.05) is 6.92 Å². The lowest BCUT2D eigenvalue weighted by atomic mass is 10.1. The zero-order chi connectivity index (χ0) is 14.8. The quantitative estimate of drug-likeness (QED) is 0.876. The fourth-order valence-corrected chi connectivity index (χ4v) is 2.27. The van der Waals surface area contributed by atoms with Gasteiger partial charge >= 0.3 is 6.01 Å². The first-order valence-electron chi connectivity index (χ1n) is 7.04. The molecule has 0 bridgehead atoms. The molecular formula is C13H24N6O. The lowest BCUT2D eigenvalue weighted by Gasteiger charge is -2.42. The Balaban J connectivity index is 2.07. The summed E-state index contributed by atoms with van der Waals surface area (Å²) in [6.45, 7) is 12.8. The van der Waals surface area contributed by atoms with E-state index in [0.29, 0.717) is 18.6 Å². The van der Waals surface area contributed by atoms with Gasteiger partial charge in [0.2, 0.25) is 11.9 Å². The maximum Gasteiger partial charge on any atom is 0.323 e. The minimum absolute atomic E-state index is 0.195. The predicted molar refractivity (Wildman–Crippen MR) is 78.9 cm³/mol. The van der Waals surface area contributed by atoms with Gasteiger partial charge in [0.1, 0.15) is 0 Å². The van der Waals surface area contributed by atoms with Gasteiger partial charge in [-0.3, -0.25) is 4.90 Å². The van der Waals surface area contributed by atoms with Crippen molar-refractivity contribution < 1.29 is 4.74 Å². The van der Waals surface area contributed by atoms with Gasteiger partial charge in [-0.15, -0.1) is 0 Å². The number of nitrogen functional groups attached to an aromatic ring is 1. The molecule has 2 heterocycles. The number of hydrogen-bond donors (Lipinski definition) is 1. The minimum Gasteiger partial charge on any atom is -0.464 e. The lowest BCUT2D eigenvalue weighted by Crippen LogP contribution is -2.53. The van der Waals surface area contributed by atoms with E-state index < -0.39 is 0 Å². The molecule has 0 aliphatic carbocycles. The van der Waals surface area contributed by atoms with E-state index in [4.69, 9.17) is 10.5 Å². The van der Waals surface area contributed by atoms with Gasteiger partial charge in [0.25, 0.3) is 0 Å². The molecule has 1 aromatic heterocycles. The SMILES string of the molecule is CCOc1nc(N)nc(N2CCN(C(C)(C)C)CC2)n1. The van der Waals surface area contributed by atoms with Crippen molar-refractivity contribution in [3.05, 3.63) is 0 Å². The summed E-state index contributed by atoms with van der Waals surface area (Å²) in [5.74, 6) is 0.811. The maximum absolute atomic E-state index is 5.71. The maximum atomic E-state index is 5.71. The Labute approximate surface area is 120 Å². The van der Waals surface area contributed by atoms with E-state index in [9.17, 15) is 0 Å². The smallest absolute Gasteiger partial charge is 0.323 e. The van der Waals surface area contributed by atoms with Gasteiger partial charge in [0.05, 0.1) is 6.61 Å². The van der Waals surface area contributed by atoms with Gasteiger partial charge < -0.3 is 15.4 Å². The molecule has 0 radical (unpaired) electrons. The summed E-state index contributed by atoms with van der Waals surface area (Å²) in [6, 6.07) is 0.299. The Morgan fingerprint density at radius 3 is 2.30 bits per heavy atom. The third kappa shape index (κ3) is 3.47. The summed E-state index contributed by atoms with van der Waals surface area (Å²) in [4.78, 5) is 17.1. The summed E-state index contributed by atoms with van der Waals surface area (Å²) in [6.07, 6.45) is 0. The van der Waals surface area contributed by atoms with Crippen molar-refractivity contribution in [1.29, 1.82) is 0 Å². The highest BCUT2D eigenvalue weighted by molar-refractivity contribution is 5.36. The topological polar surface area (TPSA) is 80.4 Å². The van der Waals surface area contributed by atoms with Crippen LogP contribution in [-0.4, -0.2) is 58.2 Å². The van der Waals surface area contributed by atoms with Crippen LogP contribution in [0.15, 0.2) is 0 Å². The Morgan fingerprint density at radius 2 is 1.75 bits per heavy atom. The molecule has 0 aromatic carbocycles. The van der Waals surface area contributed by atoms with Crippen molar-refractivity contribution >= 4 is 11.9 Å². The highest BCUT2D eigenvalue weighted by atomic mass is 16.5. The van der Waals surface area contributed by atoms with E-state index in [1.165, 1.54) is 0 Å². The van der Waals surface area contributed by atoms with Crippen molar-refractivity contribution in [3.63, 3.8) is 0 Å². The van der Waals surface area contributed by atoms with Crippen LogP contribution in [0.2, 0.25) is 0 Å². The molecule has 112 valence electrons. The second-order valence-corrected chi connectivity index (χ2v) is 5.85. The molecule has 0 amide bonds. The van der Waals surface area contributed by atoms with Crippen LogP contribution in [0.5, 0.6) is 6.01 Å². The minimum atomic E-state index is 0.195. The molecule has 0 unspecified atom stereocenters. The van der Waals surface area contributed by atoms with E-state index in [1.54, 1.807) is 0 Å². The van der Waals surface area contributed by atoms with Gasteiger partial charge in [0, 0.05) is 31.7 Å². The number of rotatable bonds is 3. The molecular weight excluding hydrogens is 256 g/mol. The van der Waals surface area contributed by atoms with E-state index in [-0.39, 0.29) is 11.5 Å². The summed E-state index contributed by atoms with van der Waals surface area (Å²) in [5, 5.41) is 0. The third-order valence-electron chi connectivity index (χ3n) is 3.41. The lowest BCUT2D eigenvalue weighted by molar-refractivity contribution is 0.128. The summed E-state index contributed by atoms with van der Waals surface area (Å²) >= 11 is 0. The van der Waals surface area contributed by atoms with E-state index in [2.05, 4.69) is 45.5 Å². The number of aromatic nitrogens is 3. The third-order valence-corrected chi connectivity index (χ3v) is 3.41. The molecule has 1 saturated heterocycles. The molecule has 2 N–H and O–H groups in total. The van der Waals surface area contributed by atoms with Crippen molar-refractivity contribution in [1.82, 2.24) is 19.9 Å². The molecule has 20 heavy (non-hydrogen) atoms. The molecule has 0 spiro atoms. The first kappa shape index (κ1) is 14.8. The number of nitrogens with zero attached hydrogens (tertiary/aromatic N) is 5. The Hall–Kier alpha value is -1.63. The second kappa shape index (κ2) is 5.78. The molecule has 7 heteroatoms. The van der Waals surface area contributed by atoms with E-state index in [0.717, 1.165) is 26.2 Å². The van der Waals surface area contributed by atoms with Crippen LogP contribution < -0.4 is 15.4 Å². The van der Waals surface area contributed by atoms with Crippen molar-refractivity contribution in [3.8, 4) is 6.01 Å². The number of hydrogen-bond acceptors (Lipinski definition) is 7.